The molecule has 0 spiro atoms. The van der Waals surface area contributed by atoms with E-state index in [4.69, 9.17) is 14.2 Å². The number of rotatable bonds is 12. The molecule has 0 saturated heterocycles. The van der Waals surface area contributed by atoms with E-state index in [1.54, 1.807) is 54.6 Å². The van der Waals surface area contributed by atoms with E-state index in [1.165, 1.54) is 20.3 Å². The summed E-state index contributed by atoms with van der Waals surface area (Å²) < 4.78 is 46.1. The SMILES string of the molecule is C=Nc1ccccc1S(=O)(=O)Nc1nc2ccccc2nc1Nc1cc(OC)cc(OC)c1OCCCO. The molecule has 3 N–H and O–H groups in total. The van der Waals surface area contributed by atoms with Crippen molar-refractivity contribution in [3.63, 3.8) is 0 Å². The number of aliphatic imine (C=N–C) groups is 1. The van der Waals surface area contributed by atoms with Crippen LogP contribution in [0.3, 0.4) is 0 Å². The third-order valence-corrected chi connectivity index (χ3v) is 6.80. The number of methoxy groups -OCH3 is 2. The van der Waals surface area contributed by atoms with Crippen LogP contribution in [0.4, 0.5) is 23.0 Å². The molecule has 0 aliphatic carbocycles. The summed E-state index contributed by atoms with van der Waals surface area (Å²) in [6, 6.07) is 16.6. The highest BCUT2D eigenvalue weighted by Gasteiger charge is 2.23. The van der Waals surface area contributed by atoms with Crippen molar-refractivity contribution in [3.05, 3.63) is 60.7 Å². The molecule has 0 unspecified atom stereocenters. The molecule has 38 heavy (non-hydrogen) atoms. The Morgan fingerprint density at radius 3 is 2.32 bits per heavy atom. The van der Waals surface area contributed by atoms with Crippen molar-refractivity contribution in [1.82, 2.24) is 9.97 Å². The first-order valence-corrected chi connectivity index (χ1v) is 13.0. The predicted octanol–water partition coefficient (Wildman–Crippen LogP) is 4.28. The van der Waals surface area contributed by atoms with Crippen LogP contribution in [0.15, 0.2) is 70.6 Å². The Morgan fingerprint density at radius 1 is 0.974 bits per heavy atom. The van der Waals surface area contributed by atoms with Crippen LogP contribution in [0, 0.1) is 0 Å². The number of hydrogen-bond donors (Lipinski definition) is 3. The van der Waals surface area contributed by atoms with Crippen molar-refractivity contribution in [1.29, 1.82) is 0 Å². The van der Waals surface area contributed by atoms with Crippen LogP contribution in [0.25, 0.3) is 11.0 Å². The van der Waals surface area contributed by atoms with Gasteiger partial charge >= 0.3 is 0 Å². The first kappa shape index (κ1) is 26.6. The van der Waals surface area contributed by atoms with E-state index in [2.05, 4.69) is 31.7 Å². The quantitative estimate of drug-likeness (QED) is 0.178. The number of aliphatic hydroxyl groups excluding tert-OH is 1. The fourth-order valence-corrected chi connectivity index (χ4v) is 4.78. The average molecular weight is 538 g/mol. The highest BCUT2D eigenvalue weighted by atomic mass is 32.2. The lowest BCUT2D eigenvalue weighted by atomic mass is 10.2. The van der Waals surface area contributed by atoms with Crippen molar-refractivity contribution in [2.24, 2.45) is 4.99 Å². The number of para-hydroxylation sites is 3. The Bertz CT molecular complexity index is 1560. The van der Waals surface area contributed by atoms with E-state index in [9.17, 15) is 13.5 Å². The molecule has 1 aromatic heterocycles. The van der Waals surface area contributed by atoms with Gasteiger partial charge in [-0.05, 0) is 31.0 Å². The zero-order valence-electron chi connectivity index (χ0n) is 20.8. The number of nitrogens with zero attached hydrogens (tertiary/aromatic N) is 3. The molecule has 3 aromatic carbocycles. The third-order valence-electron chi connectivity index (χ3n) is 5.41. The molecular formula is C26H27N5O6S. The molecule has 12 heteroatoms. The summed E-state index contributed by atoms with van der Waals surface area (Å²) in [5.41, 5.74) is 1.59. The topological polar surface area (TPSA) is 144 Å². The highest BCUT2D eigenvalue weighted by molar-refractivity contribution is 7.92. The fraction of sp³-hybridized carbons (Fsp3) is 0.192. The van der Waals surface area contributed by atoms with E-state index in [1.807, 2.05) is 0 Å². The monoisotopic (exact) mass is 537 g/mol. The maximum Gasteiger partial charge on any atom is 0.265 e. The molecule has 198 valence electrons. The van der Waals surface area contributed by atoms with Crippen molar-refractivity contribution < 1.29 is 27.7 Å². The van der Waals surface area contributed by atoms with Gasteiger partial charge in [0.25, 0.3) is 10.0 Å². The van der Waals surface area contributed by atoms with E-state index in [0.29, 0.717) is 40.4 Å². The number of sulfonamides is 1. The highest BCUT2D eigenvalue weighted by Crippen LogP contribution is 2.42. The van der Waals surface area contributed by atoms with Gasteiger partial charge < -0.3 is 24.6 Å². The largest absolute Gasteiger partial charge is 0.497 e. The van der Waals surface area contributed by atoms with Crippen LogP contribution >= 0.6 is 0 Å². The second-order valence-electron chi connectivity index (χ2n) is 7.90. The van der Waals surface area contributed by atoms with Gasteiger partial charge in [-0.2, -0.15) is 0 Å². The Balaban J connectivity index is 1.84. The van der Waals surface area contributed by atoms with Crippen LogP contribution in [0.1, 0.15) is 6.42 Å². The van der Waals surface area contributed by atoms with Gasteiger partial charge in [0.15, 0.2) is 23.1 Å². The molecule has 0 radical (unpaired) electrons. The van der Waals surface area contributed by atoms with E-state index in [0.717, 1.165) is 0 Å². The summed E-state index contributed by atoms with van der Waals surface area (Å²) in [7, 11) is -1.14. The summed E-state index contributed by atoms with van der Waals surface area (Å²) in [5, 5.41) is 12.3. The molecule has 0 aliphatic heterocycles. The lowest BCUT2D eigenvalue weighted by Gasteiger charge is -2.19. The summed E-state index contributed by atoms with van der Waals surface area (Å²) in [5.74, 6) is 1.21. The summed E-state index contributed by atoms with van der Waals surface area (Å²) in [6.07, 6.45) is 0.395. The van der Waals surface area contributed by atoms with Gasteiger partial charge in [0, 0.05) is 25.2 Å². The molecule has 0 fully saturated rings. The van der Waals surface area contributed by atoms with E-state index < -0.39 is 10.0 Å². The molecule has 0 amide bonds. The van der Waals surface area contributed by atoms with Crippen molar-refractivity contribution in [2.45, 2.75) is 11.3 Å². The average Bonchev–Trinajstić information content (AvgIpc) is 2.93. The molecule has 4 rings (SSSR count). The minimum atomic E-state index is -4.13. The lowest BCUT2D eigenvalue weighted by Crippen LogP contribution is -2.16. The van der Waals surface area contributed by atoms with Crippen molar-refractivity contribution in [3.8, 4) is 17.2 Å². The molecular weight excluding hydrogens is 510 g/mol. The van der Waals surface area contributed by atoms with E-state index in [-0.39, 0.29) is 35.4 Å². The summed E-state index contributed by atoms with van der Waals surface area (Å²) >= 11 is 0. The Hall–Kier alpha value is -4.42. The molecule has 11 nitrogen and oxygen atoms in total. The molecule has 0 atom stereocenters. The van der Waals surface area contributed by atoms with Gasteiger partial charge in [-0.15, -0.1) is 0 Å². The third kappa shape index (κ3) is 5.76. The summed E-state index contributed by atoms with van der Waals surface area (Å²) in [4.78, 5) is 12.9. The standard InChI is InChI=1S/C26H27N5O6S/c1-27-20-11-6-7-12-23(20)38(33,34)31-26-25(28-18-9-4-5-10-19(18)29-26)30-21-15-17(35-2)16-22(36-3)24(21)37-14-8-13-32/h4-7,9-12,15-16,32H,1,8,13-14H2,2-3H3,(H,28,30)(H,29,31). The van der Waals surface area contributed by atoms with Gasteiger partial charge in [0.2, 0.25) is 0 Å². The van der Waals surface area contributed by atoms with E-state index >= 15 is 0 Å². The number of anilines is 3. The number of fused-ring (bicyclic) bond motifs is 1. The summed E-state index contributed by atoms with van der Waals surface area (Å²) in [6.45, 7) is 3.62. The van der Waals surface area contributed by atoms with Gasteiger partial charge in [0.05, 0.1) is 43.2 Å². The van der Waals surface area contributed by atoms with Crippen molar-refractivity contribution >= 4 is 50.8 Å². The zero-order chi connectivity index (χ0) is 27.1. The maximum atomic E-state index is 13.4. The minimum absolute atomic E-state index is 0.0503. The molecule has 0 saturated carbocycles. The second-order valence-corrected chi connectivity index (χ2v) is 9.55. The second kappa shape index (κ2) is 11.8. The molecule has 0 bridgehead atoms. The van der Waals surface area contributed by atoms with Gasteiger partial charge in [-0.25, -0.2) is 18.4 Å². The van der Waals surface area contributed by atoms with Crippen LogP contribution in [0.2, 0.25) is 0 Å². The normalized spacial score (nSPS) is 11.1. The number of benzene rings is 3. The van der Waals surface area contributed by atoms with Crippen molar-refractivity contribution in [2.75, 3.05) is 37.5 Å². The Kier molecular flexibility index (Phi) is 8.24. The minimum Gasteiger partial charge on any atom is -0.497 e. The number of ether oxygens (including phenoxy) is 3. The van der Waals surface area contributed by atoms with Crippen LogP contribution in [0.5, 0.6) is 17.2 Å². The number of nitrogens with one attached hydrogen (secondary N) is 2. The van der Waals surface area contributed by atoms with Crippen LogP contribution < -0.4 is 24.2 Å². The molecule has 4 aromatic rings. The molecule has 1 heterocycles. The van der Waals surface area contributed by atoms with Gasteiger partial charge in [-0.3, -0.25) is 9.71 Å². The smallest absolute Gasteiger partial charge is 0.265 e. The zero-order valence-corrected chi connectivity index (χ0v) is 21.7. The first-order chi connectivity index (χ1) is 18.4. The predicted molar refractivity (Wildman–Crippen MR) is 146 cm³/mol. The number of aromatic nitrogens is 2. The van der Waals surface area contributed by atoms with Crippen LogP contribution in [-0.4, -0.2) is 57.6 Å². The Labute approximate surface area is 220 Å². The lowest BCUT2D eigenvalue weighted by molar-refractivity contribution is 0.228. The fourth-order valence-electron chi connectivity index (χ4n) is 3.61. The maximum absolute atomic E-state index is 13.4. The Morgan fingerprint density at radius 2 is 1.66 bits per heavy atom. The van der Waals surface area contributed by atoms with Gasteiger partial charge in [-0.1, -0.05) is 24.3 Å². The number of aliphatic hydroxyl groups is 1. The molecule has 0 aliphatic rings. The first-order valence-electron chi connectivity index (χ1n) is 11.5. The number of hydrogen-bond acceptors (Lipinski definition) is 10. The van der Waals surface area contributed by atoms with Gasteiger partial charge in [0.1, 0.15) is 10.6 Å². The van der Waals surface area contributed by atoms with Crippen LogP contribution in [-0.2, 0) is 10.0 Å².